The van der Waals surface area contributed by atoms with Crippen LogP contribution in [0.2, 0.25) is 0 Å². The smallest absolute Gasteiger partial charge is 0.0594 e. The Hall–Kier alpha value is -0.120. The Morgan fingerprint density at radius 1 is 1.12 bits per heavy atom. The second-order valence-corrected chi connectivity index (χ2v) is 5.22. The van der Waals surface area contributed by atoms with Crippen molar-refractivity contribution in [3.8, 4) is 0 Å². The van der Waals surface area contributed by atoms with E-state index in [4.69, 9.17) is 4.74 Å². The zero-order valence-electron chi connectivity index (χ0n) is 10.7. The average molecular weight is 226 g/mol. The van der Waals surface area contributed by atoms with Crippen LogP contribution in [0.1, 0.15) is 26.2 Å². The Kier molecular flexibility index (Phi) is 5.07. The molecule has 0 aromatic carbocycles. The maximum absolute atomic E-state index is 5.39. The highest BCUT2D eigenvalue weighted by Gasteiger charge is 2.24. The summed E-state index contributed by atoms with van der Waals surface area (Å²) in [6.07, 6.45) is 4.09. The molecule has 0 radical (unpaired) electrons. The van der Waals surface area contributed by atoms with Crippen LogP contribution in [-0.4, -0.2) is 62.3 Å². The predicted octanol–water partition coefficient (Wildman–Crippen LogP) is 1.44. The van der Waals surface area contributed by atoms with Crippen LogP contribution in [0, 0.1) is 5.92 Å². The monoisotopic (exact) mass is 226 g/mol. The van der Waals surface area contributed by atoms with Crippen molar-refractivity contribution in [3.05, 3.63) is 0 Å². The van der Waals surface area contributed by atoms with Gasteiger partial charge in [0.1, 0.15) is 0 Å². The van der Waals surface area contributed by atoms with Gasteiger partial charge in [-0.2, -0.15) is 0 Å². The van der Waals surface area contributed by atoms with E-state index in [0.717, 1.165) is 32.2 Å². The first-order valence-corrected chi connectivity index (χ1v) is 6.91. The summed E-state index contributed by atoms with van der Waals surface area (Å²) in [6, 6.07) is 0. The molecular weight excluding hydrogens is 200 g/mol. The molecule has 0 aromatic heterocycles. The summed E-state index contributed by atoms with van der Waals surface area (Å²) in [7, 11) is 0. The van der Waals surface area contributed by atoms with Crippen LogP contribution in [0.5, 0.6) is 0 Å². The van der Waals surface area contributed by atoms with Gasteiger partial charge in [-0.3, -0.25) is 4.90 Å². The number of unbranched alkanes of at least 4 members (excludes halogenated alkanes) is 1. The van der Waals surface area contributed by atoms with E-state index in [1.54, 1.807) is 0 Å². The van der Waals surface area contributed by atoms with Gasteiger partial charge in [0.2, 0.25) is 0 Å². The van der Waals surface area contributed by atoms with Crippen LogP contribution in [0.4, 0.5) is 0 Å². The normalized spacial score (nSPS) is 28.7. The van der Waals surface area contributed by atoms with Gasteiger partial charge >= 0.3 is 0 Å². The van der Waals surface area contributed by atoms with Gasteiger partial charge in [-0.1, -0.05) is 13.3 Å². The first-order chi connectivity index (χ1) is 7.88. The van der Waals surface area contributed by atoms with E-state index >= 15 is 0 Å². The van der Waals surface area contributed by atoms with E-state index in [0.29, 0.717) is 0 Å². The maximum Gasteiger partial charge on any atom is 0.0594 e. The lowest BCUT2D eigenvalue weighted by molar-refractivity contribution is 0.0312. The van der Waals surface area contributed by atoms with Crippen LogP contribution in [-0.2, 0) is 4.74 Å². The number of likely N-dealkylation sites (tertiary alicyclic amines) is 1. The van der Waals surface area contributed by atoms with Crippen molar-refractivity contribution in [2.45, 2.75) is 26.2 Å². The summed E-state index contributed by atoms with van der Waals surface area (Å²) in [4.78, 5) is 5.23. The predicted molar refractivity (Wildman–Crippen MR) is 66.7 cm³/mol. The lowest BCUT2D eigenvalue weighted by Crippen LogP contribution is -2.39. The van der Waals surface area contributed by atoms with Crippen LogP contribution < -0.4 is 0 Å². The molecule has 2 rings (SSSR count). The highest BCUT2D eigenvalue weighted by molar-refractivity contribution is 4.78. The van der Waals surface area contributed by atoms with E-state index in [9.17, 15) is 0 Å². The second-order valence-electron chi connectivity index (χ2n) is 5.22. The summed E-state index contributed by atoms with van der Waals surface area (Å²) < 4.78 is 5.39. The highest BCUT2D eigenvalue weighted by atomic mass is 16.5. The van der Waals surface area contributed by atoms with Crippen LogP contribution in [0.3, 0.4) is 0 Å². The van der Waals surface area contributed by atoms with Crippen molar-refractivity contribution in [1.29, 1.82) is 0 Å². The van der Waals surface area contributed by atoms with Gasteiger partial charge in [-0.25, -0.2) is 0 Å². The van der Waals surface area contributed by atoms with Crippen molar-refractivity contribution in [3.63, 3.8) is 0 Å². The molecule has 94 valence electrons. The molecule has 0 saturated carbocycles. The van der Waals surface area contributed by atoms with Crippen molar-refractivity contribution < 1.29 is 4.74 Å². The number of rotatable bonds is 5. The molecule has 3 heteroatoms. The number of morpholine rings is 1. The van der Waals surface area contributed by atoms with E-state index in [-0.39, 0.29) is 0 Å². The quantitative estimate of drug-likeness (QED) is 0.705. The molecule has 2 aliphatic rings. The fourth-order valence-electron chi connectivity index (χ4n) is 2.80. The fourth-order valence-corrected chi connectivity index (χ4v) is 2.80. The number of hydrogen-bond acceptors (Lipinski definition) is 3. The van der Waals surface area contributed by atoms with E-state index in [2.05, 4.69) is 16.7 Å². The zero-order chi connectivity index (χ0) is 11.2. The van der Waals surface area contributed by atoms with E-state index in [1.165, 1.54) is 45.4 Å². The summed E-state index contributed by atoms with van der Waals surface area (Å²) in [5.74, 6) is 0.912. The molecule has 0 spiro atoms. The minimum Gasteiger partial charge on any atom is -0.379 e. The highest BCUT2D eigenvalue weighted by Crippen LogP contribution is 2.18. The minimum absolute atomic E-state index is 0.912. The summed E-state index contributed by atoms with van der Waals surface area (Å²) >= 11 is 0. The third-order valence-electron chi connectivity index (χ3n) is 3.82. The van der Waals surface area contributed by atoms with Crippen LogP contribution in [0.25, 0.3) is 0 Å². The molecule has 2 fully saturated rings. The maximum atomic E-state index is 5.39. The van der Waals surface area contributed by atoms with Gasteiger partial charge in [0, 0.05) is 26.2 Å². The molecule has 1 unspecified atom stereocenters. The van der Waals surface area contributed by atoms with Gasteiger partial charge in [0.05, 0.1) is 13.2 Å². The van der Waals surface area contributed by atoms with E-state index < -0.39 is 0 Å². The number of nitrogens with zero attached hydrogens (tertiary/aromatic N) is 2. The van der Waals surface area contributed by atoms with Crippen LogP contribution in [0.15, 0.2) is 0 Å². The molecule has 0 aliphatic carbocycles. The third-order valence-corrected chi connectivity index (χ3v) is 3.82. The second kappa shape index (κ2) is 6.58. The van der Waals surface area contributed by atoms with Gasteiger partial charge < -0.3 is 9.64 Å². The molecule has 0 N–H and O–H groups in total. The first-order valence-electron chi connectivity index (χ1n) is 6.91. The lowest BCUT2D eigenvalue weighted by atomic mass is 10.1. The molecule has 2 aliphatic heterocycles. The number of ether oxygens (including phenoxy) is 1. The SMILES string of the molecule is CCCCN1CCC(CN2CCOCC2)C1. The van der Waals surface area contributed by atoms with Gasteiger partial charge in [-0.05, 0) is 31.8 Å². The molecule has 0 bridgehead atoms. The Balaban J connectivity index is 1.63. The van der Waals surface area contributed by atoms with Crippen LogP contribution >= 0.6 is 0 Å². The van der Waals surface area contributed by atoms with E-state index in [1.807, 2.05) is 0 Å². The third kappa shape index (κ3) is 3.72. The Morgan fingerprint density at radius 3 is 2.69 bits per heavy atom. The van der Waals surface area contributed by atoms with Crippen molar-refractivity contribution in [2.24, 2.45) is 5.92 Å². The minimum atomic E-state index is 0.912. The van der Waals surface area contributed by atoms with Gasteiger partial charge in [0.15, 0.2) is 0 Å². The Morgan fingerprint density at radius 2 is 1.94 bits per heavy atom. The molecule has 3 nitrogen and oxygen atoms in total. The molecular formula is C13H26N2O. The first kappa shape index (κ1) is 12.3. The summed E-state index contributed by atoms with van der Waals surface area (Å²) in [6.45, 7) is 11.7. The van der Waals surface area contributed by atoms with Gasteiger partial charge in [-0.15, -0.1) is 0 Å². The molecule has 2 saturated heterocycles. The Bertz CT molecular complexity index is 192. The van der Waals surface area contributed by atoms with Crippen molar-refractivity contribution >= 4 is 0 Å². The Labute approximate surface area is 99.7 Å². The summed E-state index contributed by atoms with van der Waals surface area (Å²) in [5.41, 5.74) is 0. The van der Waals surface area contributed by atoms with Crippen molar-refractivity contribution in [2.75, 3.05) is 52.5 Å². The molecule has 0 amide bonds. The molecule has 1 atom stereocenters. The fraction of sp³-hybridized carbons (Fsp3) is 1.00. The van der Waals surface area contributed by atoms with Crippen molar-refractivity contribution in [1.82, 2.24) is 9.80 Å². The van der Waals surface area contributed by atoms with Gasteiger partial charge in [0.25, 0.3) is 0 Å². The topological polar surface area (TPSA) is 15.7 Å². The molecule has 16 heavy (non-hydrogen) atoms. The molecule has 0 aromatic rings. The number of hydrogen-bond donors (Lipinski definition) is 0. The molecule has 2 heterocycles. The summed E-state index contributed by atoms with van der Waals surface area (Å²) in [5, 5.41) is 0. The standard InChI is InChI=1S/C13H26N2O/c1-2-3-5-14-6-4-13(11-14)12-15-7-9-16-10-8-15/h13H,2-12H2,1H3. The average Bonchev–Trinajstić information content (AvgIpc) is 2.75. The lowest BCUT2D eigenvalue weighted by Gasteiger charge is -2.29. The zero-order valence-corrected chi connectivity index (χ0v) is 10.7. The largest absolute Gasteiger partial charge is 0.379 e.